The average Bonchev–Trinajstić information content (AvgIpc) is 2.61. The maximum Gasteiger partial charge on any atom is 0.637 e. The Hall–Kier alpha value is -1.41. The highest BCUT2D eigenvalue weighted by atomic mass is 28.4. The molecule has 1 aromatic carbocycles. The summed E-state index contributed by atoms with van der Waals surface area (Å²) in [6.07, 6.45) is 0.853. The van der Waals surface area contributed by atoms with Gasteiger partial charge in [-0.05, 0) is 39.7 Å². The fraction of sp³-hybridized carbons (Fsp3) is 0.611. The number of carbonyl (C=O) groups is 1. The predicted molar refractivity (Wildman–Crippen MR) is 101 cm³/mol. The molecule has 0 radical (unpaired) electrons. The van der Waals surface area contributed by atoms with Gasteiger partial charge in [0.15, 0.2) is 0 Å². The van der Waals surface area contributed by atoms with E-state index in [4.69, 9.17) is 13.3 Å². The van der Waals surface area contributed by atoms with Gasteiger partial charge >= 0.3 is 15.0 Å². The van der Waals surface area contributed by atoms with Gasteiger partial charge in [0, 0.05) is 26.4 Å². The molecule has 0 aliphatic heterocycles. The van der Waals surface area contributed by atoms with Crippen molar-refractivity contribution in [3.8, 4) is 0 Å². The van der Waals surface area contributed by atoms with E-state index in [1.165, 1.54) is 0 Å². The highest BCUT2D eigenvalue weighted by Gasteiger charge is 2.54. The van der Waals surface area contributed by atoms with Crippen molar-refractivity contribution in [2.75, 3.05) is 26.4 Å². The number of nitrogens with one attached hydrogen (secondary N) is 1. The summed E-state index contributed by atoms with van der Waals surface area (Å²) in [5, 5.41) is 2.95. The maximum absolute atomic E-state index is 13.0. The molecule has 0 aliphatic rings. The quantitative estimate of drug-likeness (QED) is 0.605. The number of hydrogen-bond donors (Lipinski definition) is 1. The fourth-order valence-corrected chi connectivity index (χ4v) is 5.33. The van der Waals surface area contributed by atoms with Crippen LogP contribution in [0.4, 0.5) is 4.79 Å². The molecule has 1 N–H and O–H groups in total. The van der Waals surface area contributed by atoms with E-state index in [1.807, 2.05) is 65.0 Å². The summed E-state index contributed by atoms with van der Waals surface area (Å²) in [4.78, 5) is 13.0. The number of nitrogens with zero attached hydrogens (tertiary/aromatic N) is 1. The number of urea groups is 1. The van der Waals surface area contributed by atoms with E-state index in [0.29, 0.717) is 26.4 Å². The number of benzene rings is 1. The molecule has 0 spiro atoms. The zero-order valence-corrected chi connectivity index (χ0v) is 17.1. The second-order valence-electron chi connectivity index (χ2n) is 5.51. The first-order valence-electron chi connectivity index (χ1n) is 9.10. The summed E-state index contributed by atoms with van der Waals surface area (Å²) in [7, 11) is -3.36. The zero-order chi connectivity index (χ0) is 18.7. The number of amides is 2. The van der Waals surface area contributed by atoms with Gasteiger partial charge in [-0.25, -0.2) is 4.79 Å². The van der Waals surface area contributed by atoms with E-state index in [-0.39, 0.29) is 12.1 Å². The first kappa shape index (κ1) is 21.6. The van der Waals surface area contributed by atoms with E-state index in [1.54, 1.807) is 4.57 Å². The minimum atomic E-state index is -3.36. The van der Waals surface area contributed by atoms with Gasteiger partial charge in [0.2, 0.25) is 0 Å². The number of rotatable bonds is 11. The monoisotopic (exact) mass is 368 g/mol. The standard InChI is InChI=1S/C18H32N2O4Si/c1-6-15-19-18(21)20(16(5)17-13-11-10-12-14-17)25(22-7-2,23-8-3)24-9-4/h10-14,16H,6-9,15H2,1-5H3,(H,19,21)/t16-/m0/s1. The molecule has 7 heteroatoms. The Balaban J connectivity index is 3.31. The molecule has 0 unspecified atom stereocenters. The number of carbonyl (C=O) groups excluding carboxylic acids is 1. The van der Waals surface area contributed by atoms with E-state index in [2.05, 4.69) is 5.32 Å². The van der Waals surface area contributed by atoms with Crippen LogP contribution in [0.1, 0.15) is 52.6 Å². The maximum atomic E-state index is 13.0. The zero-order valence-electron chi connectivity index (χ0n) is 16.1. The molecule has 1 aromatic rings. The second-order valence-corrected chi connectivity index (χ2v) is 7.91. The van der Waals surface area contributed by atoms with Gasteiger partial charge in [-0.1, -0.05) is 37.3 Å². The highest BCUT2D eigenvalue weighted by Crippen LogP contribution is 2.28. The van der Waals surface area contributed by atoms with Crippen LogP contribution in [0.25, 0.3) is 0 Å². The SMILES string of the molecule is CCCNC(=O)N([C@@H](C)c1ccccc1)[Si](OCC)(OCC)OCC. The third-order valence-corrected chi connectivity index (χ3v) is 6.83. The van der Waals surface area contributed by atoms with E-state index < -0.39 is 8.97 Å². The Labute approximate surface area is 152 Å². The molecule has 0 fully saturated rings. The highest BCUT2D eigenvalue weighted by molar-refractivity contribution is 6.60. The molecule has 142 valence electrons. The third kappa shape index (κ3) is 5.81. The van der Waals surface area contributed by atoms with Crippen molar-refractivity contribution >= 4 is 15.0 Å². The van der Waals surface area contributed by atoms with Crippen molar-refractivity contribution in [1.29, 1.82) is 0 Å². The van der Waals surface area contributed by atoms with E-state index >= 15 is 0 Å². The second kappa shape index (κ2) is 11.3. The van der Waals surface area contributed by atoms with Crippen LogP contribution in [0, 0.1) is 0 Å². The lowest BCUT2D eigenvalue weighted by molar-refractivity contribution is 0.0185. The van der Waals surface area contributed by atoms with Gasteiger partial charge in [0.05, 0.1) is 6.04 Å². The van der Waals surface area contributed by atoms with Crippen LogP contribution in [0.5, 0.6) is 0 Å². The van der Waals surface area contributed by atoms with Gasteiger partial charge in [0.25, 0.3) is 0 Å². The van der Waals surface area contributed by atoms with Crippen LogP contribution in [0.2, 0.25) is 0 Å². The summed E-state index contributed by atoms with van der Waals surface area (Å²) in [5.41, 5.74) is 1.00. The molecule has 2 amide bonds. The topological polar surface area (TPSA) is 60.0 Å². The molecular weight excluding hydrogens is 336 g/mol. The largest absolute Gasteiger partial charge is 0.637 e. The van der Waals surface area contributed by atoms with Crippen LogP contribution < -0.4 is 5.32 Å². The van der Waals surface area contributed by atoms with Crippen molar-refractivity contribution < 1.29 is 18.1 Å². The van der Waals surface area contributed by atoms with E-state index in [0.717, 1.165) is 12.0 Å². The molecule has 0 aliphatic carbocycles. The fourth-order valence-electron chi connectivity index (χ4n) is 2.62. The molecule has 0 aromatic heterocycles. The van der Waals surface area contributed by atoms with Crippen LogP contribution in [0.15, 0.2) is 30.3 Å². The average molecular weight is 369 g/mol. The Morgan fingerprint density at radius 2 is 1.56 bits per heavy atom. The Bertz CT molecular complexity index is 484. The first-order valence-corrected chi connectivity index (χ1v) is 10.8. The van der Waals surface area contributed by atoms with Crippen LogP contribution >= 0.6 is 0 Å². The smallest absolute Gasteiger partial charge is 0.357 e. The summed E-state index contributed by atoms with van der Waals surface area (Å²) in [6, 6.07) is 9.39. The van der Waals surface area contributed by atoms with Crippen molar-refractivity contribution in [2.45, 2.75) is 47.1 Å². The lowest BCUT2D eigenvalue weighted by atomic mass is 10.1. The molecule has 0 saturated carbocycles. The predicted octanol–water partition coefficient (Wildman–Crippen LogP) is 3.71. The summed E-state index contributed by atoms with van der Waals surface area (Å²) in [5.74, 6) is 0. The Morgan fingerprint density at radius 3 is 2.00 bits per heavy atom. The van der Waals surface area contributed by atoms with Gasteiger partial charge in [0.1, 0.15) is 0 Å². The van der Waals surface area contributed by atoms with Crippen LogP contribution in [-0.2, 0) is 13.3 Å². The lowest BCUT2D eigenvalue weighted by Gasteiger charge is -2.40. The van der Waals surface area contributed by atoms with Crippen LogP contribution in [0.3, 0.4) is 0 Å². The van der Waals surface area contributed by atoms with Crippen molar-refractivity contribution in [3.05, 3.63) is 35.9 Å². The van der Waals surface area contributed by atoms with Gasteiger partial charge in [-0.15, -0.1) is 0 Å². The van der Waals surface area contributed by atoms with Gasteiger partial charge < -0.3 is 18.6 Å². The lowest BCUT2D eigenvalue weighted by Crippen LogP contribution is -2.65. The van der Waals surface area contributed by atoms with Gasteiger partial charge in [-0.2, -0.15) is 0 Å². The molecule has 25 heavy (non-hydrogen) atoms. The Morgan fingerprint density at radius 1 is 1.04 bits per heavy atom. The van der Waals surface area contributed by atoms with Crippen molar-refractivity contribution in [1.82, 2.24) is 9.88 Å². The molecule has 0 heterocycles. The summed E-state index contributed by atoms with van der Waals surface area (Å²) in [6.45, 7) is 11.5. The molecule has 1 rings (SSSR count). The minimum Gasteiger partial charge on any atom is -0.357 e. The third-order valence-electron chi connectivity index (χ3n) is 3.69. The Kier molecular flexibility index (Phi) is 9.73. The molecule has 6 nitrogen and oxygen atoms in total. The van der Waals surface area contributed by atoms with E-state index in [9.17, 15) is 4.79 Å². The molecule has 0 saturated heterocycles. The minimum absolute atomic E-state index is 0.222. The number of hydrogen-bond acceptors (Lipinski definition) is 4. The molecule has 1 atom stereocenters. The van der Waals surface area contributed by atoms with Crippen LogP contribution in [-0.4, -0.2) is 45.9 Å². The normalized spacial score (nSPS) is 12.7. The van der Waals surface area contributed by atoms with Crippen molar-refractivity contribution in [2.24, 2.45) is 0 Å². The van der Waals surface area contributed by atoms with Crippen molar-refractivity contribution in [3.63, 3.8) is 0 Å². The summed E-state index contributed by atoms with van der Waals surface area (Å²) >= 11 is 0. The summed E-state index contributed by atoms with van der Waals surface area (Å²) < 4.78 is 19.6. The first-order chi connectivity index (χ1) is 12.1. The van der Waals surface area contributed by atoms with Gasteiger partial charge in [-0.3, -0.25) is 4.57 Å². The molecule has 0 bridgehead atoms. The molecular formula is C18H32N2O4Si.